The number of rotatable bonds is 5. The Morgan fingerprint density at radius 3 is 2.41 bits per heavy atom. The number of carbonyl (C=O) groups is 2. The second kappa shape index (κ2) is 6.85. The van der Waals surface area contributed by atoms with Gasteiger partial charge in [-0.05, 0) is 67.1 Å². The smallest absolute Gasteiger partial charge is 0.251 e. The topological polar surface area (TPSA) is 82.0 Å². The highest BCUT2D eigenvalue weighted by molar-refractivity contribution is 6.32. The summed E-state index contributed by atoms with van der Waals surface area (Å²) in [6, 6.07) is 12.3. The van der Waals surface area contributed by atoms with Crippen molar-refractivity contribution in [3.8, 4) is 6.07 Å². The number of halogens is 2. The molecule has 148 valence electrons. The zero-order valence-corrected chi connectivity index (χ0v) is 16.5. The monoisotopic (exact) mass is 411 g/mol. The van der Waals surface area contributed by atoms with Gasteiger partial charge in [0.15, 0.2) is 0 Å². The van der Waals surface area contributed by atoms with Gasteiger partial charge >= 0.3 is 0 Å². The van der Waals surface area contributed by atoms with E-state index in [0.717, 1.165) is 19.3 Å². The second-order valence-electron chi connectivity index (χ2n) is 8.15. The molecule has 2 N–H and O–H groups in total. The summed E-state index contributed by atoms with van der Waals surface area (Å²) in [5.74, 6) is -0.893. The number of hydrogen-bond acceptors (Lipinski definition) is 3. The quantitative estimate of drug-likeness (QED) is 0.770. The Balaban J connectivity index is 1.34. The molecule has 0 radical (unpaired) electrons. The molecule has 0 saturated heterocycles. The van der Waals surface area contributed by atoms with Gasteiger partial charge in [0.05, 0.1) is 10.6 Å². The lowest BCUT2D eigenvalue weighted by Crippen LogP contribution is -2.77. The van der Waals surface area contributed by atoms with E-state index >= 15 is 0 Å². The van der Waals surface area contributed by atoms with Gasteiger partial charge in [0.25, 0.3) is 5.91 Å². The van der Waals surface area contributed by atoms with Gasteiger partial charge in [-0.3, -0.25) is 9.59 Å². The summed E-state index contributed by atoms with van der Waals surface area (Å²) < 4.78 is 13.0. The molecule has 2 aromatic carbocycles. The van der Waals surface area contributed by atoms with Crippen molar-refractivity contribution in [1.29, 1.82) is 5.26 Å². The van der Waals surface area contributed by atoms with Crippen LogP contribution in [0.15, 0.2) is 42.5 Å². The van der Waals surface area contributed by atoms with Crippen molar-refractivity contribution in [3.63, 3.8) is 0 Å². The zero-order chi connectivity index (χ0) is 20.8. The largest absolute Gasteiger partial charge is 0.347 e. The normalized spacial score (nSPS) is 25.0. The maximum Gasteiger partial charge on any atom is 0.251 e. The molecule has 3 aliphatic carbocycles. The minimum absolute atomic E-state index is 0.102. The standard InChI is InChI=1S/C22H19ClFN3O2/c1-13(19(28)26-17-6-4-16(24)5-7-17)21-10-22(11-21,12-21)27-20(29)14-2-3-15(9-25)18(23)8-14/h2-8,13H,10-12H2,1H3,(H,26,28)(H,27,29)/t13-,21?,22?/m1/s1. The number of hydrogen-bond donors (Lipinski definition) is 2. The molecule has 0 heterocycles. The van der Waals surface area contributed by atoms with Crippen LogP contribution in [0.1, 0.15) is 42.1 Å². The average Bonchev–Trinajstić information content (AvgIpc) is 2.64. The van der Waals surface area contributed by atoms with Crippen LogP contribution in [0.25, 0.3) is 0 Å². The molecular weight excluding hydrogens is 393 g/mol. The second-order valence-corrected chi connectivity index (χ2v) is 8.56. The van der Waals surface area contributed by atoms with Crippen molar-refractivity contribution in [3.05, 3.63) is 64.4 Å². The maximum atomic E-state index is 13.0. The molecule has 5 nitrogen and oxygen atoms in total. The lowest BCUT2D eigenvalue weighted by atomic mass is 9.36. The third kappa shape index (κ3) is 3.36. The fraction of sp³-hybridized carbons (Fsp3) is 0.318. The van der Waals surface area contributed by atoms with Gasteiger partial charge in [-0.2, -0.15) is 5.26 Å². The molecule has 0 aromatic heterocycles. The number of nitrogens with zero attached hydrogens (tertiary/aromatic N) is 1. The third-order valence-electron chi connectivity index (χ3n) is 6.23. The van der Waals surface area contributed by atoms with E-state index < -0.39 is 0 Å². The van der Waals surface area contributed by atoms with Crippen LogP contribution in [0.3, 0.4) is 0 Å². The van der Waals surface area contributed by atoms with Crippen molar-refractivity contribution >= 4 is 29.1 Å². The Hall–Kier alpha value is -2.91. The van der Waals surface area contributed by atoms with Crippen molar-refractivity contribution in [2.24, 2.45) is 11.3 Å². The SMILES string of the molecule is C[C@H](C(=O)Nc1ccc(F)cc1)C12CC(NC(=O)c3ccc(C#N)c(Cl)c3)(C1)C2. The molecular formula is C22H19ClFN3O2. The lowest BCUT2D eigenvalue weighted by molar-refractivity contribution is -0.184. The fourth-order valence-corrected chi connectivity index (χ4v) is 4.80. The molecule has 5 rings (SSSR count). The molecule has 2 aromatic rings. The van der Waals surface area contributed by atoms with Gasteiger partial charge in [-0.15, -0.1) is 0 Å². The number of benzene rings is 2. The van der Waals surface area contributed by atoms with Crippen molar-refractivity contribution < 1.29 is 14.0 Å². The van der Waals surface area contributed by atoms with Crippen LogP contribution >= 0.6 is 11.6 Å². The van der Waals surface area contributed by atoms with Crippen LogP contribution in [0.2, 0.25) is 5.02 Å². The van der Waals surface area contributed by atoms with E-state index in [-0.39, 0.29) is 39.5 Å². The van der Waals surface area contributed by atoms with Gasteiger partial charge in [-0.1, -0.05) is 18.5 Å². The van der Waals surface area contributed by atoms with Crippen molar-refractivity contribution in [2.45, 2.75) is 31.7 Å². The highest BCUT2D eigenvalue weighted by atomic mass is 35.5. The zero-order valence-electron chi connectivity index (χ0n) is 15.8. The fourth-order valence-electron chi connectivity index (χ4n) is 4.58. The van der Waals surface area contributed by atoms with Crippen LogP contribution in [-0.4, -0.2) is 17.4 Å². The first-order valence-corrected chi connectivity index (χ1v) is 9.72. The van der Waals surface area contributed by atoms with E-state index in [2.05, 4.69) is 10.6 Å². The Bertz CT molecular complexity index is 1030. The minimum atomic E-state index is -0.350. The molecule has 0 aliphatic heterocycles. The number of amides is 2. The summed E-state index contributed by atoms with van der Waals surface area (Å²) in [7, 11) is 0. The average molecular weight is 412 g/mol. The predicted molar refractivity (Wildman–Crippen MR) is 107 cm³/mol. The molecule has 3 saturated carbocycles. The number of carbonyl (C=O) groups excluding carboxylic acids is 2. The van der Waals surface area contributed by atoms with Crippen LogP contribution in [0.4, 0.5) is 10.1 Å². The molecule has 1 atom stereocenters. The van der Waals surface area contributed by atoms with Gasteiger partial charge in [0, 0.05) is 22.7 Å². The van der Waals surface area contributed by atoms with Gasteiger partial charge in [-0.25, -0.2) is 4.39 Å². The van der Waals surface area contributed by atoms with Crippen molar-refractivity contribution in [1.82, 2.24) is 5.32 Å². The molecule has 2 amide bonds. The molecule has 3 aliphatic rings. The highest BCUT2D eigenvalue weighted by Crippen LogP contribution is 2.70. The van der Waals surface area contributed by atoms with E-state index in [0.29, 0.717) is 16.8 Å². The Morgan fingerprint density at radius 1 is 1.17 bits per heavy atom. The number of nitriles is 1. The van der Waals surface area contributed by atoms with Gasteiger partial charge < -0.3 is 10.6 Å². The van der Waals surface area contributed by atoms with Gasteiger partial charge in [0.2, 0.25) is 5.91 Å². The first kappa shape index (κ1) is 19.4. The summed E-state index contributed by atoms with van der Waals surface area (Å²) in [4.78, 5) is 25.1. The van der Waals surface area contributed by atoms with E-state index in [1.165, 1.54) is 36.4 Å². The highest BCUT2D eigenvalue weighted by Gasteiger charge is 2.71. The van der Waals surface area contributed by atoms with Crippen LogP contribution in [0, 0.1) is 28.5 Å². The van der Waals surface area contributed by atoms with E-state index in [4.69, 9.17) is 16.9 Å². The van der Waals surface area contributed by atoms with Crippen LogP contribution in [-0.2, 0) is 4.79 Å². The summed E-state index contributed by atoms with van der Waals surface area (Å²) in [6.07, 6.45) is 2.23. The molecule has 0 unspecified atom stereocenters. The summed E-state index contributed by atoms with van der Waals surface area (Å²) in [5, 5.41) is 15.1. The maximum absolute atomic E-state index is 13.0. The summed E-state index contributed by atoms with van der Waals surface area (Å²) in [5.41, 5.74) is 0.917. The van der Waals surface area contributed by atoms with Crippen LogP contribution < -0.4 is 10.6 Å². The predicted octanol–water partition coefficient (Wildman–Crippen LogP) is 4.28. The Labute approximate surface area is 172 Å². The number of anilines is 1. The molecule has 29 heavy (non-hydrogen) atoms. The summed E-state index contributed by atoms with van der Waals surface area (Å²) >= 11 is 6.01. The third-order valence-corrected chi connectivity index (χ3v) is 6.54. The van der Waals surface area contributed by atoms with E-state index in [1.807, 2.05) is 13.0 Å². The minimum Gasteiger partial charge on any atom is -0.347 e. The number of nitrogens with one attached hydrogen (secondary N) is 2. The molecule has 7 heteroatoms. The lowest BCUT2D eigenvalue weighted by Gasteiger charge is -2.72. The molecule has 2 bridgehead atoms. The van der Waals surface area contributed by atoms with Crippen molar-refractivity contribution in [2.75, 3.05) is 5.32 Å². The van der Waals surface area contributed by atoms with E-state index in [1.54, 1.807) is 6.07 Å². The Kier molecular flexibility index (Phi) is 4.59. The first-order chi connectivity index (χ1) is 13.8. The van der Waals surface area contributed by atoms with Crippen LogP contribution in [0.5, 0.6) is 0 Å². The van der Waals surface area contributed by atoms with E-state index in [9.17, 15) is 14.0 Å². The first-order valence-electron chi connectivity index (χ1n) is 9.35. The Morgan fingerprint density at radius 2 is 1.83 bits per heavy atom. The molecule has 3 fully saturated rings. The van der Waals surface area contributed by atoms with Gasteiger partial charge in [0.1, 0.15) is 11.9 Å². The summed E-state index contributed by atoms with van der Waals surface area (Å²) in [6.45, 7) is 1.89. The molecule has 0 spiro atoms.